The second-order valence-electron chi connectivity index (χ2n) is 18.2. The highest BCUT2D eigenvalue weighted by molar-refractivity contribution is 5.71. The third-order valence-electron chi connectivity index (χ3n) is 12.0. The Morgan fingerprint density at radius 3 is 0.833 bits per heavy atom. The van der Waals surface area contributed by atoms with E-state index in [0.717, 1.165) is 64.2 Å². The van der Waals surface area contributed by atoms with Gasteiger partial charge in [-0.3, -0.25) is 14.4 Å². The van der Waals surface area contributed by atoms with E-state index in [4.69, 9.17) is 14.2 Å². The predicted octanol–water partition coefficient (Wildman–Crippen LogP) is 17.4. The summed E-state index contributed by atoms with van der Waals surface area (Å²) in [4.78, 5) is 38.0. The lowest BCUT2D eigenvalue weighted by Gasteiger charge is -2.18. The predicted molar refractivity (Wildman–Crippen MR) is 256 cm³/mol. The largest absolute Gasteiger partial charge is 0.462 e. The van der Waals surface area contributed by atoms with Crippen LogP contribution in [0.1, 0.15) is 297 Å². The number of allylic oxidation sites excluding steroid dienone is 2. The van der Waals surface area contributed by atoms with Crippen LogP contribution in [0, 0.1) is 0 Å². The molecule has 0 heterocycles. The first kappa shape index (κ1) is 58.1. The van der Waals surface area contributed by atoms with Crippen molar-refractivity contribution in [2.24, 2.45) is 0 Å². The SMILES string of the molecule is CCCCCCCC/C=C\CCCCCCCC(=O)OC[C@H](COC(=O)CCCCCCCCCCCCCC)OC(=O)CCCCCCCCCCCCCCCCC. The van der Waals surface area contributed by atoms with E-state index in [0.29, 0.717) is 19.3 Å². The fourth-order valence-electron chi connectivity index (χ4n) is 7.97. The van der Waals surface area contributed by atoms with Crippen LogP contribution in [0.25, 0.3) is 0 Å². The molecule has 60 heavy (non-hydrogen) atoms. The standard InChI is InChI=1S/C54H102O6/c1-4-7-10-13-16-19-22-25-27-29-32-35-38-41-44-47-53(56)59-50-51(49-58-52(55)46-43-40-37-34-31-24-21-18-15-12-9-6-3)60-54(57)48-45-42-39-36-33-30-28-26-23-20-17-14-11-8-5-2/h25,27,51H,4-24,26,28-50H2,1-3H3/b27-25-/t51-/m0/s1. The maximum absolute atomic E-state index is 12.8. The van der Waals surface area contributed by atoms with Crippen LogP contribution in [-0.2, 0) is 28.6 Å². The van der Waals surface area contributed by atoms with Gasteiger partial charge in [0, 0.05) is 19.3 Å². The maximum Gasteiger partial charge on any atom is 0.306 e. The van der Waals surface area contributed by atoms with Crippen molar-refractivity contribution in [2.45, 2.75) is 303 Å². The Bertz CT molecular complexity index is 931. The second-order valence-corrected chi connectivity index (χ2v) is 18.2. The average Bonchev–Trinajstić information content (AvgIpc) is 3.24. The molecule has 0 aliphatic rings. The number of carbonyl (C=O) groups excluding carboxylic acids is 3. The van der Waals surface area contributed by atoms with E-state index in [1.165, 1.54) is 193 Å². The highest BCUT2D eigenvalue weighted by atomic mass is 16.6. The molecule has 6 nitrogen and oxygen atoms in total. The first-order valence-electron chi connectivity index (χ1n) is 26.7. The Labute approximate surface area is 373 Å². The normalized spacial score (nSPS) is 12.0. The molecule has 0 aromatic rings. The van der Waals surface area contributed by atoms with E-state index < -0.39 is 6.10 Å². The summed E-state index contributed by atoms with van der Waals surface area (Å²) in [5, 5.41) is 0. The molecule has 0 N–H and O–H groups in total. The van der Waals surface area contributed by atoms with Crippen molar-refractivity contribution in [3.63, 3.8) is 0 Å². The van der Waals surface area contributed by atoms with Gasteiger partial charge in [-0.1, -0.05) is 245 Å². The number of hydrogen-bond donors (Lipinski definition) is 0. The summed E-state index contributed by atoms with van der Waals surface area (Å²) in [7, 11) is 0. The lowest BCUT2D eigenvalue weighted by molar-refractivity contribution is -0.167. The number of ether oxygens (including phenoxy) is 3. The van der Waals surface area contributed by atoms with E-state index in [1.807, 2.05) is 0 Å². The fourth-order valence-corrected chi connectivity index (χ4v) is 7.97. The molecule has 0 rings (SSSR count). The van der Waals surface area contributed by atoms with E-state index in [2.05, 4.69) is 32.9 Å². The molecule has 354 valence electrons. The van der Waals surface area contributed by atoms with Gasteiger partial charge in [0.2, 0.25) is 0 Å². The molecule has 0 radical (unpaired) electrons. The Kier molecular flexibility index (Phi) is 48.3. The van der Waals surface area contributed by atoms with Crippen molar-refractivity contribution in [2.75, 3.05) is 13.2 Å². The van der Waals surface area contributed by atoms with Crippen LogP contribution in [0.3, 0.4) is 0 Å². The van der Waals surface area contributed by atoms with Crippen LogP contribution in [0.2, 0.25) is 0 Å². The summed E-state index contributed by atoms with van der Waals surface area (Å²) in [5.74, 6) is -0.857. The maximum atomic E-state index is 12.8. The molecule has 0 aromatic heterocycles. The van der Waals surface area contributed by atoms with Gasteiger partial charge in [0.15, 0.2) is 6.10 Å². The number of esters is 3. The topological polar surface area (TPSA) is 78.9 Å². The van der Waals surface area contributed by atoms with E-state index >= 15 is 0 Å². The van der Waals surface area contributed by atoms with Crippen molar-refractivity contribution in [1.29, 1.82) is 0 Å². The molecule has 0 bridgehead atoms. The van der Waals surface area contributed by atoms with Gasteiger partial charge in [0.05, 0.1) is 0 Å². The summed E-state index contributed by atoms with van der Waals surface area (Å²) >= 11 is 0. The zero-order valence-corrected chi connectivity index (χ0v) is 40.5. The number of unbranched alkanes of at least 4 members (excludes halogenated alkanes) is 36. The van der Waals surface area contributed by atoms with Crippen LogP contribution in [0.15, 0.2) is 12.2 Å². The second kappa shape index (κ2) is 49.8. The van der Waals surface area contributed by atoms with Crippen LogP contribution in [0.4, 0.5) is 0 Å². The number of carbonyl (C=O) groups is 3. The molecule has 0 saturated carbocycles. The monoisotopic (exact) mass is 847 g/mol. The summed E-state index contributed by atoms with van der Waals surface area (Å²) in [5.41, 5.74) is 0. The minimum atomic E-state index is -0.766. The van der Waals surface area contributed by atoms with Crippen molar-refractivity contribution < 1.29 is 28.6 Å². The Morgan fingerprint density at radius 1 is 0.317 bits per heavy atom. The van der Waals surface area contributed by atoms with Crippen molar-refractivity contribution in [3.05, 3.63) is 12.2 Å². The zero-order chi connectivity index (χ0) is 43.7. The first-order chi connectivity index (χ1) is 29.5. The minimum absolute atomic E-state index is 0.0671. The van der Waals surface area contributed by atoms with Crippen molar-refractivity contribution in [1.82, 2.24) is 0 Å². The lowest BCUT2D eigenvalue weighted by Crippen LogP contribution is -2.30. The van der Waals surface area contributed by atoms with Crippen molar-refractivity contribution >= 4 is 17.9 Å². The first-order valence-corrected chi connectivity index (χ1v) is 26.7. The van der Waals surface area contributed by atoms with Gasteiger partial charge in [-0.2, -0.15) is 0 Å². The smallest absolute Gasteiger partial charge is 0.306 e. The molecule has 0 unspecified atom stereocenters. The third-order valence-corrected chi connectivity index (χ3v) is 12.0. The average molecular weight is 847 g/mol. The Morgan fingerprint density at radius 2 is 0.550 bits per heavy atom. The van der Waals surface area contributed by atoms with Gasteiger partial charge in [-0.15, -0.1) is 0 Å². The zero-order valence-electron chi connectivity index (χ0n) is 40.5. The lowest BCUT2D eigenvalue weighted by atomic mass is 10.0. The Balaban J connectivity index is 4.33. The van der Waals surface area contributed by atoms with Crippen molar-refractivity contribution in [3.8, 4) is 0 Å². The molecule has 0 amide bonds. The molecule has 1 atom stereocenters. The molecule has 0 spiro atoms. The Hall–Kier alpha value is -1.85. The van der Waals surface area contributed by atoms with Gasteiger partial charge >= 0.3 is 17.9 Å². The van der Waals surface area contributed by atoms with Crippen LogP contribution in [-0.4, -0.2) is 37.2 Å². The summed E-state index contributed by atoms with van der Waals surface area (Å²) in [6.07, 6.45) is 54.7. The van der Waals surface area contributed by atoms with E-state index in [1.54, 1.807) is 0 Å². The van der Waals surface area contributed by atoms with E-state index in [-0.39, 0.29) is 31.1 Å². The van der Waals surface area contributed by atoms with Gasteiger partial charge in [0.1, 0.15) is 13.2 Å². The quantitative estimate of drug-likeness (QED) is 0.0263. The molecule has 0 aliphatic heterocycles. The highest BCUT2D eigenvalue weighted by Gasteiger charge is 2.19. The van der Waals surface area contributed by atoms with Gasteiger partial charge < -0.3 is 14.2 Å². The molecule has 0 aliphatic carbocycles. The third kappa shape index (κ3) is 47.2. The molecule has 6 heteroatoms. The molecular formula is C54H102O6. The van der Waals surface area contributed by atoms with Crippen LogP contribution in [0.5, 0.6) is 0 Å². The number of hydrogen-bond acceptors (Lipinski definition) is 6. The van der Waals surface area contributed by atoms with Crippen LogP contribution < -0.4 is 0 Å². The van der Waals surface area contributed by atoms with Gasteiger partial charge in [-0.05, 0) is 44.9 Å². The molecule has 0 fully saturated rings. The highest BCUT2D eigenvalue weighted by Crippen LogP contribution is 2.16. The molecule has 0 aromatic carbocycles. The molecular weight excluding hydrogens is 745 g/mol. The summed E-state index contributed by atoms with van der Waals surface area (Å²) < 4.78 is 16.8. The number of rotatable bonds is 49. The van der Waals surface area contributed by atoms with Gasteiger partial charge in [-0.25, -0.2) is 0 Å². The van der Waals surface area contributed by atoms with Crippen LogP contribution >= 0.6 is 0 Å². The minimum Gasteiger partial charge on any atom is -0.462 e. The molecule has 0 saturated heterocycles. The summed E-state index contributed by atoms with van der Waals surface area (Å²) in [6.45, 7) is 6.66. The summed E-state index contributed by atoms with van der Waals surface area (Å²) in [6, 6.07) is 0. The van der Waals surface area contributed by atoms with Gasteiger partial charge in [0.25, 0.3) is 0 Å². The fraction of sp³-hybridized carbons (Fsp3) is 0.907. The van der Waals surface area contributed by atoms with E-state index in [9.17, 15) is 14.4 Å².